The van der Waals surface area contributed by atoms with E-state index in [0.717, 1.165) is 16.9 Å². The lowest BCUT2D eigenvalue weighted by atomic mass is 9.95. The number of likely N-dealkylation sites (tertiary alicyclic amines) is 1. The molecule has 0 atom stereocenters. The first kappa shape index (κ1) is 19.2. The molecule has 2 amide bonds. The molecule has 1 aliphatic heterocycles. The minimum Gasteiger partial charge on any atom is -0.339 e. The second-order valence-electron chi connectivity index (χ2n) is 6.70. The highest BCUT2D eigenvalue weighted by Crippen LogP contribution is 2.22. The fourth-order valence-corrected chi connectivity index (χ4v) is 3.46. The van der Waals surface area contributed by atoms with Gasteiger partial charge in [0.25, 0.3) is 0 Å². The Hall–Kier alpha value is -2.60. The third kappa shape index (κ3) is 4.57. The molecule has 0 radical (unpaired) electrons. The van der Waals surface area contributed by atoms with E-state index >= 15 is 0 Å². The van der Waals surface area contributed by atoms with Crippen molar-refractivity contribution in [2.45, 2.75) is 19.8 Å². The average Bonchev–Trinajstić information content (AvgIpc) is 2.92. The van der Waals surface area contributed by atoms with Crippen molar-refractivity contribution in [3.8, 4) is 0 Å². The van der Waals surface area contributed by atoms with E-state index in [4.69, 9.17) is 11.6 Å². The summed E-state index contributed by atoms with van der Waals surface area (Å²) in [5.41, 5.74) is 2.33. The van der Waals surface area contributed by atoms with Crippen LogP contribution in [0, 0.1) is 12.8 Å². The maximum Gasteiger partial charge on any atom is 0.246 e. The summed E-state index contributed by atoms with van der Waals surface area (Å²) in [5, 5.41) is 7.67. The van der Waals surface area contributed by atoms with Gasteiger partial charge < -0.3 is 10.2 Å². The number of amides is 2. The Balaban J connectivity index is 1.53. The highest BCUT2D eigenvalue weighted by atomic mass is 35.5. The van der Waals surface area contributed by atoms with Crippen LogP contribution in [0.5, 0.6) is 0 Å². The molecule has 1 fully saturated rings. The minimum atomic E-state index is -0.0757. The van der Waals surface area contributed by atoms with Crippen LogP contribution in [-0.4, -0.2) is 39.6 Å². The number of benzene rings is 1. The van der Waals surface area contributed by atoms with Gasteiger partial charge in [-0.05, 0) is 38.0 Å². The highest BCUT2D eigenvalue weighted by molar-refractivity contribution is 6.31. The van der Waals surface area contributed by atoms with Crippen LogP contribution < -0.4 is 5.32 Å². The molecular weight excluding hydrogens is 364 g/mol. The van der Waals surface area contributed by atoms with E-state index in [1.165, 1.54) is 6.08 Å². The number of rotatable bonds is 4. The number of nitrogens with zero attached hydrogens (tertiary/aromatic N) is 3. The maximum absolute atomic E-state index is 12.4. The summed E-state index contributed by atoms with van der Waals surface area (Å²) in [6.07, 6.45) is 4.55. The van der Waals surface area contributed by atoms with Gasteiger partial charge in [-0.15, -0.1) is 0 Å². The van der Waals surface area contributed by atoms with Gasteiger partial charge in [0, 0.05) is 43.4 Å². The third-order valence-electron chi connectivity index (χ3n) is 4.81. The van der Waals surface area contributed by atoms with Gasteiger partial charge in [-0.1, -0.05) is 29.8 Å². The highest BCUT2D eigenvalue weighted by Gasteiger charge is 2.26. The molecule has 0 saturated carbocycles. The Morgan fingerprint density at radius 3 is 2.48 bits per heavy atom. The summed E-state index contributed by atoms with van der Waals surface area (Å²) in [7, 11) is 1.76. The summed E-state index contributed by atoms with van der Waals surface area (Å²) in [6, 6.07) is 9.42. The standard InChI is InChI=1S/C20H23ClN4O2/c1-14-17(19(21)24(2)23-14)8-9-18(26)25-12-10-15(11-13-25)20(27)22-16-6-4-3-5-7-16/h3-9,15H,10-13H2,1-2H3,(H,22,27)/b9-8+. The predicted octanol–water partition coefficient (Wildman–Crippen LogP) is 3.27. The third-order valence-corrected chi connectivity index (χ3v) is 5.26. The number of anilines is 1. The molecule has 1 saturated heterocycles. The van der Waals surface area contributed by atoms with Crippen molar-refractivity contribution in [2.24, 2.45) is 13.0 Å². The number of halogens is 1. The molecule has 0 unspecified atom stereocenters. The van der Waals surface area contributed by atoms with Crippen LogP contribution in [0.1, 0.15) is 24.1 Å². The van der Waals surface area contributed by atoms with Crippen molar-refractivity contribution in [3.63, 3.8) is 0 Å². The zero-order valence-electron chi connectivity index (χ0n) is 15.5. The molecule has 0 aliphatic carbocycles. The Labute approximate surface area is 163 Å². The van der Waals surface area contributed by atoms with Crippen molar-refractivity contribution in [1.82, 2.24) is 14.7 Å². The van der Waals surface area contributed by atoms with Crippen molar-refractivity contribution in [1.29, 1.82) is 0 Å². The zero-order valence-corrected chi connectivity index (χ0v) is 16.2. The SMILES string of the molecule is Cc1nn(C)c(Cl)c1/C=C/C(=O)N1CCC(C(=O)Nc2ccccc2)CC1. The van der Waals surface area contributed by atoms with Crippen molar-refractivity contribution in [3.05, 3.63) is 52.8 Å². The van der Waals surface area contributed by atoms with Crippen LogP contribution in [0.3, 0.4) is 0 Å². The second kappa shape index (κ2) is 8.39. The minimum absolute atomic E-state index is 0.0154. The number of piperidine rings is 1. The Morgan fingerprint density at radius 2 is 1.89 bits per heavy atom. The molecule has 2 heterocycles. The molecule has 142 valence electrons. The molecule has 1 aliphatic rings. The molecule has 6 nitrogen and oxygen atoms in total. The van der Waals surface area contributed by atoms with E-state index in [1.54, 1.807) is 22.7 Å². The van der Waals surface area contributed by atoms with Gasteiger partial charge in [0.15, 0.2) is 0 Å². The van der Waals surface area contributed by atoms with Gasteiger partial charge in [-0.25, -0.2) is 0 Å². The van der Waals surface area contributed by atoms with Crippen molar-refractivity contribution in [2.75, 3.05) is 18.4 Å². The lowest BCUT2D eigenvalue weighted by molar-refractivity contribution is -0.130. The zero-order chi connectivity index (χ0) is 19.4. The second-order valence-corrected chi connectivity index (χ2v) is 7.06. The Morgan fingerprint density at radius 1 is 1.22 bits per heavy atom. The number of aromatic nitrogens is 2. The van der Waals surface area contributed by atoms with Crippen molar-refractivity contribution < 1.29 is 9.59 Å². The number of nitrogens with one attached hydrogen (secondary N) is 1. The maximum atomic E-state index is 12.4. The number of carbonyl (C=O) groups excluding carboxylic acids is 2. The molecule has 7 heteroatoms. The van der Waals surface area contributed by atoms with Gasteiger partial charge in [0.1, 0.15) is 5.15 Å². The summed E-state index contributed by atoms with van der Waals surface area (Å²) < 4.78 is 1.58. The van der Waals surface area contributed by atoms with E-state index in [2.05, 4.69) is 10.4 Å². The van der Waals surface area contributed by atoms with Crippen LogP contribution in [0.25, 0.3) is 6.08 Å². The number of hydrogen-bond donors (Lipinski definition) is 1. The molecule has 0 spiro atoms. The van der Waals surface area contributed by atoms with E-state index in [-0.39, 0.29) is 17.7 Å². The molecule has 0 bridgehead atoms. The van der Waals surface area contributed by atoms with E-state index in [9.17, 15) is 9.59 Å². The molecule has 1 aromatic heterocycles. The monoisotopic (exact) mass is 386 g/mol. The van der Waals surface area contributed by atoms with E-state index < -0.39 is 0 Å². The first-order valence-electron chi connectivity index (χ1n) is 8.97. The van der Waals surface area contributed by atoms with Gasteiger partial charge in [0.05, 0.1) is 5.69 Å². The van der Waals surface area contributed by atoms with Gasteiger partial charge in [0.2, 0.25) is 11.8 Å². The van der Waals surface area contributed by atoms with Crippen LogP contribution >= 0.6 is 11.6 Å². The lowest BCUT2D eigenvalue weighted by Gasteiger charge is -2.30. The molecular formula is C20H23ClN4O2. The fourth-order valence-electron chi connectivity index (χ4n) is 3.22. The molecule has 1 N–H and O–H groups in total. The fraction of sp³-hybridized carbons (Fsp3) is 0.350. The quantitative estimate of drug-likeness (QED) is 0.820. The van der Waals surface area contributed by atoms with Gasteiger partial charge >= 0.3 is 0 Å². The molecule has 2 aromatic rings. The number of para-hydroxylation sites is 1. The predicted molar refractivity (Wildman–Crippen MR) is 106 cm³/mol. The molecule has 27 heavy (non-hydrogen) atoms. The lowest BCUT2D eigenvalue weighted by Crippen LogP contribution is -2.40. The first-order valence-corrected chi connectivity index (χ1v) is 9.35. The Bertz CT molecular complexity index is 852. The van der Waals surface area contributed by atoms with Crippen LogP contribution in [0.4, 0.5) is 5.69 Å². The smallest absolute Gasteiger partial charge is 0.246 e. The molecule has 1 aromatic carbocycles. The Kier molecular flexibility index (Phi) is 5.96. The van der Waals surface area contributed by atoms with Gasteiger partial charge in [-0.3, -0.25) is 14.3 Å². The summed E-state index contributed by atoms with van der Waals surface area (Å²) in [5.74, 6) is -0.133. The normalized spacial score (nSPS) is 15.3. The largest absolute Gasteiger partial charge is 0.339 e. The number of aryl methyl sites for hydroxylation is 2. The topological polar surface area (TPSA) is 67.2 Å². The summed E-state index contributed by atoms with van der Waals surface area (Å²) in [6.45, 7) is 2.98. The van der Waals surface area contributed by atoms with Crippen LogP contribution in [0.2, 0.25) is 5.15 Å². The first-order chi connectivity index (χ1) is 13.0. The summed E-state index contributed by atoms with van der Waals surface area (Å²) in [4.78, 5) is 26.6. The number of carbonyl (C=O) groups is 2. The van der Waals surface area contributed by atoms with Gasteiger partial charge in [-0.2, -0.15) is 5.10 Å². The van der Waals surface area contributed by atoms with Crippen molar-refractivity contribution >= 4 is 35.2 Å². The number of hydrogen-bond acceptors (Lipinski definition) is 3. The summed E-state index contributed by atoms with van der Waals surface area (Å²) >= 11 is 6.18. The van der Waals surface area contributed by atoms with E-state index in [0.29, 0.717) is 31.1 Å². The average molecular weight is 387 g/mol. The van der Waals surface area contributed by atoms with Crippen LogP contribution in [-0.2, 0) is 16.6 Å². The van der Waals surface area contributed by atoms with Crippen LogP contribution in [0.15, 0.2) is 36.4 Å². The van der Waals surface area contributed by atoms with E-state index in [1.807, 2.05) is 37.3 Å². The molecule has 3 rings (SSSR count).